The quantitative estimate of drug-likeness (QED) is 0.162. The van der Waals surface area contributed by atoms with Crippen LogP contribution in [0.4, 0.5) is 10.1 Å². The molecule has 0 saturated heterocycles. The zero-order valence-corrected chi connectivity index (χ0v) is 24.1. The van der Waals surface area contributed by atoms with Gasteiger partial charge in [-0.15, -0.1) is 0 Å². The third-order valence-electron chi connectivity index (χ3n) is 7.05. The first-order chi connectivity index (χ1) is 20.2. The van der Waals surface area contributed by atoms with Gasteiger partial charge in [-0.1, -0.05) is 60.7 Å². The first-order valence-electron chi connectivity index (χ1n) is 13.5. The Morgan fingerprint density at radius 1 is 0.929 bits per heavy atom. The van der Waals surface area contributed by atoms with Crippen LogP contribution in [0.2, 0.25) is 0 Å². The molecule has 1 unspecified atom stereocenters. The second kappa shape index (κ2) is 12.6. The number of rotatable bonds is 11. The van der Waals surface area contributed by atoms with Crippen molar-refractivity contribution in [2.75, 3.05) is 18.7 Å². The molecule has 1 amide bonds. The molecule has 1 atom stereocenters. The molecule has 1 heterocycles. The molecule has 0 aliphatic rings. The van der Waals surface area contributed by atoms with Crippen LogP contribution < -0.4 is 10.8 Å². The summed E-state index contributed by atoms with van der Waals surface area (Å²) in [6.07, 6.45) is 3.02. The highest BCUT2D eigenvalue weighted by molar-refractivity contribution is 7.91. The van der Waals surface area contributed by atoms with Gasteiger partial charge in [-0.3, -0.25) is 9.63 Å². The highest BCUT2D eigenvalue weighted by Gasteiger charge is 2.26. The number of hydrogen-bond acceptors (Lipinski definition) is 6. The summed E-state index contributed by atoms with van der Waals surface area (Å²) in [6.45, 7) is 0. The predicted molar refractivity (Wildman–Crippen MR) is 163 cm³/mol. The predicted octanol–water partition coefficient (Wildman–Crippen LogP) is 7.00. The number of furan rings is 1. The fraction of sp³-hybridized carbons (Fsp3) is 0.182. The SMILES string of the molecule is CONC(=O)c1c(-c2ccc(F)cc2)oc2cc(NC(CCCc3ccccc3)S(C)(=O)=O)c(-c3ccccc3)cc12. The van der Waals surface area contributed by atoms with E-state index in [1.165, 1.54) is 37.6 Å². The average Bonchev–Trinajstić information content (AvgIpc) is 3.35. The summed E-state index contributed by atoms with van der Waals surface area (Å²) in [7, 11) is -2.17. The van der Waals surface area contributed by atoms with E-state index in [-0.39, 0.29) is 11.3 Å². The van der Waals surface area contributed by atoms with Gasteiger partial charge in [-0.25, -0.2) is 18.3 Å². The number of hydrogen-bond donors (Lipinski definition) is 2. The number of fused-ring (bicyclic) bond motifs is 1. The maximum atomic E-state index is 13.7. The van der Waals surface area contributed by atoms with E-state index in [1.807, 2.05) is 60.7 Å². The van der Waals surface area contributed by atoms with Gasteiger partial charge in [-0.2, -0.15) is 0 Å². The van der Waals surface area contributed by atoms with E-state index in [0.29, 0.717) is 40.6 Å². The molecule has 0 aliphatic heterocycles. The van der Waals surface area contributed by atoms with Gasteiger partial charge in [0, 0.05) is 34.5 Å². The number of halogens is 1. The number of anilines is 1. The lowest BCUT2D eigenvalue weighted by Gasteiger charge is -2.21. The van der Waals surface area contributed by atoms with Gasteiger partial charge in [0.1, 0.15) is 22.5 Å². The lowest BCUT2D eigenvalue weighted by Crippen LogP contribution is -2.29. The maximum Gasteiger partial charge on any atom is 0.279 e. The molecule has 9 heteroatoms. The summed E-state index contributed by atoms with van der Waals surface area (Å²) in [6, 6.07) is 28.6. The van der Waals surface area contributed by atoms with Crippen LogP contribution in [0, 0.1) is 5.82 Å². The Bertz CT molecular complexity index is 1790. The van der Waals surface area contributed by atoms with E-state index < -0.39 is 26.9 Å². The number of amides is 1. The summed E-state index contributed by atoms with van der Waals surface area (Å²) >= 11 is 0. The number of nitrogens with one attached hydrogen (secondary N) is 2. The van der Waals surface area contributed by atoms with Crippen molar-refractivity contribution in [3.63, 3.8) is 0 Å². The number of carbonyl (C=O) groups excluding carboxylic acids is 1. The number of benzene rings is 4. The van der Waals surface area contributed by atoms with Crippen LogP contribution in [0.1, 0.15) is 28.8 Å². The van der Waals surface area contributed by atoms with Crippen molar-refractivity contribution >= 4 is 32.4 Å². The van der Waals surface area contributed by atoms with E-state index in [1.54, 1.807) is 12.1 Å². The number of carbonyl (C=O) groups is 1. The van der Waals surface area contributed by atoms with Crippen molar-refractivity contribution in [2.24, 2.45) is 0 Å². The molecule has 0 spiro atoms. The Balaban J connectivity index is 1.61. The lowest BCUT2D eigenvalue weighted by molar-refractivity contribution is 0.0539. The normalized spacial score (nSPS) is 12.3. The minimum absolute atomic E-state index is 0.213. The smallest absolute Gasteiger partial charge is 0.279 e. The van der Waals surface area contributed by atoms with E-state index in [2.05, 4.69) is 10.8 Å². The summed E-state index contributed by atoms with van der Waals surface area (Å²) in [5.74, 6) is -0.724. The van der Waals surface area contributed by atoms with Gasteiger partial charge in [0.15, 0.2) is 9.84 Å². The highest BCUT2D eigenvalue weighted by atomic mass is 32.2. The van der Waals surface area contributed by atoms with Crippen LogP contribution >= 0.6 is 0 Å². The second-order valence-electron chi connectivity index (χ2n) is 10.0. The minimum atomic E-state index is -3.50. The third-order valence-corrected chi connectivity index (χ3v) is 8.44. The molecule has 0 radical (unpaired) electrons. The number of aryl methyl sites for hydroxylation is 1. The Labute approximate surface area is 244 Å². The Morgan fingerprint density at radius 3 is 2.24 bits per heavy atom. The molecule has 5 rings (SSSR count). The highest BCUT2D eigenvalue weighted by Crippen LogP contribution is 2.40. The largest absolute Gasteiger partial charge is 0.455 e. The second-order valence-corrected chi connectivity index (χ2v) is 12.3. The number of sulfone groups is 1. The fourth-order valence-electron chi connectivity index (χ4n) is 5.00. The maximum absolute atomic E-state index is 13.7. The van der Waals surface area contributed by atoms with Crippen LogP contribution in [0.25, 0.3) is 33.4 Å². The first-order valence-corrected chi connectivity index (χ1v) is 15.4. The molecule has 7 nitrogen and oxygen atoms in total. The van der Waals surface area contributed by atoms with Gasteiger partial charge in [0.05, 0.1) is 12.7 Å². The van der Waals surface area contributed by atoms with Crippen molar-refractivity contribution in [3.05, 3.63) is 114 Å². The standard InChI is InChI=1S/C33H31FN2O5S/c1-40-36-33(37)31-27-20-26(23-13-7-4-8-14-23)28(21-29(27)41-32(31)24-16-18-25(34)19-17-24)35-30(42(2,38)39)15-9-12-22-10-5-3-6-11-22/h3-8,10-11,13-14,16-21,30,35H,9,12,15H2,1-2H3,(H,36,37). The zero-order valence-electron chi connectivity index (χ0n) is 23.3. The topological polar surface area (TPSA) is 97.6 Å². The van der Waals surface area contributed by atoms with Crippen LogP contribution in [-0.2, 0) is 21.1 Å². The van der Waals surface area contributed by atoms with E-state index in [9.17, 15) is 17.6 Å². The van der Waals surface area contributed by atoms with Crippen LogP contribution in [0.5, 0.6) is 0 Å². The van der Waals surface area contributed by atoms with E-state index in [4.69, 9.17) is 9.25 Å². The van der Waals surface area contributed by atoms with Crippen molar-refractivity contribution in [3.8, 4) is 22.5 Å². The Morgan fingerprint density at radius 2 is 1.60 bits per heavy atom. The molecule has 4 aromatic carbocycles. The molecular formula is C33H31FN2O5S. The molecule has 216 valence electrons. The summed E-state index contributed by atoms with van der Waals surface area (Å²) in [5, 5.41) is 2.91. The van der Waals surface area contributed by atoms with Crippen molar-refractivity contribution < 1.29 is 26.9 Å². The van der Waals surface area contributed by atoms with Crippen molar-refractivity contribution in [1.82, 2.24) is 5.48 Å². The van der Waals surface area contributed by atoms with Crippen LogP contribution in [0.3, 0.4) is 0 Å². The third kappa shape index (κ3) is 6.53. The molecule has 2 N–H and O–H groups in total. The molecule has 0 bridgehead atoms. The van der Waals surface area contributed by atoms with Gasteiger partial charge in [0.25, 0.3) is 5.91 Å². The molecule has 1 aromatic heterocycles. The monoisotopic (exact) mass is 586 g/mol. The Kier molecular flexibility index (Phi) is 8.70. The lowest BCUT2D eigenvalue weighted by atomic mass is 9.98. The molecule has 42 heavy (non-hydrogen) atoms. The van der Waals surface area contributed by atoms with Gasteiger partial charge < -0.3 is 9.73 Å². The van der Waals surface area contributed by atoms with E-state index in [0.717, 1.165) is 17.5 Å². The van der Waals surface area contributed by atoms with Gasteiger partial charge in [0.2, 0.25) is 0 Å². The zero-order chi connectivity index (χ0) is 29.7. The fourth-order valence-corrected chi connectivity index (χ4v) is 5.93. The van der Waals surface area contributed by atoms with Gasteiger partial charge >= 0.3 is 0 Å². The van der Waals surface area contributed by atoms with Crippen LogP contribution in [-0.4, -0.2) is 33.1 Å². The van der Waals surface area contributed by atoms with Crippen LogP contribution in [0.15, 0.2) is 101 Å². The average molecular weight is 587 g/mol. The molecule has 5 aromatic rings. The summed E-state index contributed by atoms with van der Waals surface area (Å²) in [5.41, 5.74) is 6.62. The summed E-state index contributed by atoms with van der Waals surface area (Å²) < 4.78 is 45.8. The molecule has 0 aliphatic carbocycles. The Hall–Kier alpha value is -4.47. The number of hydroxylamine groups is 1. The molecular weight excluding hydrogens is 555 g/mol. The van der Waals surface area contributed by atoms with E-state index >= 15 is 0 Å². The van der Waals surface area contributed by atoms with Crippen molar-refractivity contribution in [1.29, 1.82) is 0 Å². The van der Waals surface area contributed by atoms with Gasteiger partial charge in [-0.05, 0) is 60.7 Å². The summed E-state index contributed by atoms with van der Waals surface area (Å²) in [4.78, 5) is 18.1. The first kappa shape index (κ1) is 29.0. The molecule has 0 fully saturated rings. The van der Waals surface area contributed by atoms with Crippen molar-refractivity contribution in [2.45, 2.75) is 24.6 Å². The minimum Gasteiger partial charge on any atom is -0.455 e. The molecule has 0 saturated carbocycles.